The SMILES string of the molecule is CCNC(=NCc1cccc(C(=O)NCC2CCCO2)c1)NCc1cccs1. The van der Waals surface area contributed by atoms with Crippen LogP contribution in [0.25, 0.3) is 0 Å². The van der Waals surface area contributed by atoms with Crippen molar-refractivity contribution in [3.63, 3.8) is 0 Å². The summed E-state index contributed by atoms with van der Waals surface area (Å²) >= 11 is 1.72. The number of hydrogen-bond donors (Lipinski definition) is 3. The van der Waals surface area contributed by atoms with Crippen LogP contribution in [-0.4, -0.2) is 37.7 Å². The van der Waals surface area contributed by atoms with E-state index >= 15 is 0 Å². The van der Waals surface area contributed by atoms with E-state index in [1.165, 1.54) is 4.88 Å². The van der Waals surface area contributed by atoms with E-state index in [9.17, 15) is 4.79 Å². The molecule has 0 radical (unpaired) electrons. The number of ether oxygens (including phenoxy) is 1. The Hall–Kier alpha value is -2.38. The summed E-state index contributed by atoms with van der Waals surface area (Å²) in [7, 11) is 0. The molecule has 1 unspecified atom stereocenters. The number of nitrogens with one attached hydrogen (secondary N) is 3. The second-order valence-electron chi connectivity index (χ2n) is 6.67. The van der Waals surface area contributed by atoms with Gasteiger partial charge >= 0.3 is 0 Å². The highest BCUT2D eigenvalue weighted by atomic mass is 32.1. The van der Waals surface area contributed by atoms with Gasteiger partial charge in [0.2, 0.25) is 0 Å². The summed E-state index contributed by atoms with van der Waals surface area (Å²) < 4.78 is 5.55. The zero-order chi connectivity index (χ0) is 19.6. The largest absolute Gasteiger partial charge is 0.376 e. The van der Waals surface area contributed by atoms with Crippen molar-refractivity contribution in [2.75, 3.05) is 19.7 Å². The topological polar surface area (TPSA) is 74.8 Å². The number of amides is 1. The first-order valence-electron chi connectivity index (χ1n) is 9.78. The van der Waals surface area contributed by atoms with Gasteiger partial charge in [0.25, 0.3) is 5.91 Å². The minimum atomic E-state index is -0.0657. The molecular weight excluding hydrogens is 372 g/mol. The standard InChI is InChI=1S/C21H28N4O2S/c1-2-22-21(25-15-19-9-5-11-28-19)24-13-16-6-3-7-17(12-16)20(26)23-14-18-8-4-10-27-18/h3,5-7,9,11-12,18H,2,4,8,10,13-15H2,1H3,(H,23,26)(H2,22,24,25). The van der Waals surface area contributed by atoms with Crippen LogP contribution in [0.5, 0.6) is 0 Å². The number of thiophene rings is 1. The Kier molecular flexibility index (Phi) is 7.87. The molecule has 1 amide bonds. The van der Waals surface area contributed by atoms with Crippen molar-refractivity contribution in [2.45, 2.75) is 39.0 Å². The van der Waals surface area contributed by atoms with Crippen LogP contribution in [0, 0.1) is 0 Å². The quantitative estimate of drug-likeness (QED) is 0.470. The molecule has 0 bridgehead atoms. The molecule has 3 N–H and O–H groups in total. The van der Waals surface area contributed by atoms with E-state index in [4.69, 9.17) is 4.74 Å². The normalized spacial score (nSPS) is 16.8. The molecule has 0 spiro atoms. The van der Waals surface area contributed by atoms with Gasteiger partial charge in [0.05, 0.1) is 19.2 Å². The summed E-state index contributed by atoms with van der Waals surface area (Å²) in [5.74, 6) is 0.702. The molecule has 1 atom stereocenters. The second-order valence-corrected chi connectivity index (χ2v) is 7.71. The molecule has 0 saturated carbocycles. The minimum Gasteiger partial charge on any atom is -0.376 e. The van der Waals surface area contributed by atoms with Crippen LogP contribution in [-0.2, 0) is 17.8 Å². The average Bonchev–Trinajstić information content (AvgIpc) is 3.42. The minimum absolute atomic E-state index is 0.0657. The predicted molar refractivity (Wildman–Crippen MR) is 114 cm³/mol. The molecule has 1 aromatic heterocycles. The third kappa shape index (κ3) is 6.35. The van der Waals surface area contributed by atoms with Gasteiger partial charge in [0.1, 0.15) is 0 Å². The Morgan fingerprint density at radius 2 is 2.18 bits per heavy atom. The van der Waals surface area contributed by atoms with Crippen molar-refractivity contribution in [1.82, 2.24) is 16.0 Å². The van der Waals surface area contributed by atoms with E-state index in [0.717, 1.165) is 44.1 Å². The lowest BCUT2D eigenvalue weighted by Crippen LogP contribution is -2.36. The van der Waals surface area contributed by atoms with Gasteiger partial charge in [-0.05, 0) is 48.9 Å². The molecule has 0 aliphatic carbocycles. The van der Waals surface area contributed by atoms with E-state index in [0.29, 0.717) is 18.7 Å². The fourth-order valence-corrected chi connectivity index (χ4v) is 3.67. The van der Waals surface area contributed by atoms with Gasteiger partial charge < -0.3 is 20.7 Å². The number of rotatable bonds is 8. The van der Waals surface area contributed by atoms with Crippen LogP contribution in [0.15, 0.2) is 46.8 Å². The van der Waals surface area contributed by atoms with E-state index in [-0.39, 0.29) is 12.0 Å². The molecule has 2 aromatic rings. The van der Waals surface area contributed by atoms with Crippen LogP contribution in [0.3, 0.4) is 0 Å². The Balaban J connectivity index is 1.55. The molecule has 1 fully saturated rings. The maximum atomic E-state index is 12.4. The zero-order valence-corrected chi connectivity index (χ0v) is 17.1. The number of carbonyl (C=O) groups is 1. The van der Waals surface area contributed by atoms with Gasteiger partial charge in [0, 0.05) is 30.1 Å². The number of nitrogens with zero attached hydrogens (tertiary/aromatic N) is 1. The summed E-state index contributed by atoms with van der Waals surface area (Å²) in [6, 6.07) is 11.8. The first-order chi connectivity index (χ1) is 13.7. The summed E-state index contributed by atoms with van der Waals surface area (Å²) in [6.07, 6.45) is 2.23. The van der Waals surface area contributed by atoms with Crippen LogP contribution in [0.1, 0.15) is 40.6 Å². The molecule has 1 aromatic carbocycles. The number of guanidine groups is 1. The molecule has 150 valence electrons. The van der Waals surface area contributed by atoms with Crippen molar-refractivity contribution in [3.05, 3.63) is 57.8 Å². The summed E-state index contributed by atoms with van der Waals surface area (Å²) in [5, 5.41) is 11.6. The smallest absolute Gasteiger partial charge is 0.251 e. The second kappa shape index (κ2) is 10.8. The third-order valence-corrected chi connectivity index (χ3v) is 5.35. The Morgan fingerprint density at radius 3 is 2.93 bits per heavy atom. The first kappa shape index (κ1) is 20.4. The number of benzene rings is 1. The maximum absolute atomic E-state index is 12.4. The maximum Gasteiger partial charge on any atom is 0.251 e. The highest BCUT2D eigenvalue weighted by Crippen LogP contribution is 2.12. The summed E-state index contributed by atoms with van der Waals surface area (Å²) in [5.41, 5.74) is 1.65. The highest BCUT2D eigenvalue weighted by molar-refractivity contribution is 7.09. The van der Waals surface area contributed by atoms with Crippen molar-refractivity contribution in [3.8, 4) is 0 Å². The van der Waals surface area contributed by atoms with Crippen LogP contribution in [0.2, 0.25) is 0 Å². The number of hydrogen-bond acceptors (Lipinski definition) is 4. The van der Waals surface area contributed by atoms with Crippen molar-refractivity contribution in [1.29, 1.82) is 0 Å². The fraction of sp³-hybridized carbons (Fsp3) is 0.429. The van der Waals surface area contributed by atoms with Gasteiger partial charge in [-0.25, -0.2) is 4.99 Å². The molecule has 1 aliphatic rings. The molecule has 6 nitrogen and oxygen atoms in total. The summed E-state index contributed by atoms with van der Waals surface area (Å²) in [6.45, 7) is 5.45. The van der Waals surface area contributed by atoms with E-state index in [2.05, 4.69) is 32.4 Å². The number of aliphatic imine (C=N–C) groups is 1. The lowest BCUT2D eigenvalue weighted by Gasteiger charge is -2.12. The lowest BCUT2D eigenvalue weighted by atomic mass is 10.1. The van der Waals surface area contributed by atoms with Crippen LogP contribution < -0.4 is 16.0 Å². The van der Waals surface area contributed by atoms with Crippen LogP contribution in [0.4, 0.5) is 0 Å². The van der Waals surface area contributed by atoms with E-state index in [1.807, 2.05) is 37.3 Å². The van der Waals surface area contributed by atoms with Crippen molar-refractivity contribution >= 4 is 23.2 Å². The van der Waals surface area contributed by atoms with Gasteiger partial charge in [-0.1, -0.05) is 18.2 Å². The van der Waals surface area contributed by atoms with E-state index in [1.54, 1.807) is 11.3 Å². The monoisotopic (exact) mass is 400 g/mol. The summed E-state index contributed by atoms with van der Waals surface area (Å²) in [4.78, 5) is 18.3. The average molecular weight is 401 g/mol. The zero-order valence-electron chi connectivity index (χ0n) is 16.2. The molecule has 3 rings (SSSR count). The number of carbonyl (C=O) groups excluding carboxylic acids is 1. The third-order valence-electron chi connectivity index (χ3n) is 4.48. The first-order valence-corrected chi connectivity index (χ1v) is 10.7. The Labute approximate surface area is 170 Å². The van der Waals surface area contributed by atoms with Gasteiger partial charge in [-0.15, -0.1) is 11.3 Å². The molecule has 1 aliphatic heterocycles. The highest BCUT2D eigenvalue weighted by Gasteiger charge is 2.16. The Bertz CT molecular complexity index is 770. The Morgan fingerprint density at radius 1 is 1.25 bits per heavy atom. The van der Waals surface area contributed by atoms with Crippen molar-refractivity contribution < 1.29 is 9.53 Å². The molecule has 28 heavy (non-hydrogen) atoms. The molecule has 1 saturated heterocycles. The van der Waals surface area contributed by atoms with Gasteiger partial charge in [-0.2, -0.15) is 0 Å². The predicted octanol–water partition coefficient (Wildman–Crippen LogP) is 2.91. The lowest BCUT2D eigenvalue weighted by molar-refractivity contribution is 0.0857. The van der Waals surface area contributed by atoms with Gasteiger partial charge in [-0.3, -0.25) is 4.79 Å². The molecule has 7 heteroatoms. The fourth-order valence-electron chi connectivity index (χ4n) is 3.02. The molecule has 2 heterocycles. The van der Waals surface area contributed by atoms with Gasteiger partial charge in [0.15, 0.2) is 5.96 Å². The van der Waals surface area contributed by atoms with Crippen LogP contribution >= 0.6 is 11.3 Å². The van der Waals surface area contributed by atoms with E-state index < -0.39 is 0 Å². The van der Waals surface area contributed by atoms with Crippen molar-refractivity contribution in [2.24, 2.45) is 4.99 Å². The molecular formula is C21H28N4O2S.